The van der Waals surface area contributed by atoms with Crippen LogP contribution in [0.25, 0.3) is 0 Å². The molecule has 0 radical (unpaired) electrons. The normalized spacial score (nSPS) is 32.3. The van der Waals surface area contributed by atoms with E-state index in [0.717, 1.165) is 12.1 Å². The maximum absolute atomic E-state index is 2.76. The molecule has 0 aromatic rings. The van der Waals surface area contributed by atoms with Crippen LogP contribution in [0.5, 0.6) is 0 Å². The molecule has 1 unspecified atom stereocenters. The molecule has 0 bridgehead atoms. The summed E-state index contributed by atoms with van der Waals surface area (Å²) in [6.45, 7) is 9.85. The number of likely N-dealkylation sites (tertiary alicyclic amines) is 2. The lowest BCUT2D eigenvalue weighted by Crippen LogP contribution is -2.60. The highest BCUT2D eigenvalue weighted by atomic mass is 15.3. The van der Waals surface area contributed by atoms with Crippen molar-refractivity contribution in [1.29, 1.82) is 0 Å². The van der Waals surface area contributed by atoms with E-state index in [1.807, 2.05) is 0 Å². The molecule has 2 saturated heterocycles. The molecular formula is C11H22N2. The summed E-state index contributed by atoms with van der Waals surface area (Å²) in [4.78, 5) is 5.29. The highest BCUT2D eigenvalue weighted by Gasteiger charge is 2.36. The maximum atomic E-state index is 2.76. The highest BCUT2D eigenvalue weighted by molar-refractivity contribution is 4.92. The van der Waals surface area contributed by atoms with E-state index in [4.69, 9.17) is 0 Å². The number of nitrogens with zero attached hydrogens (tertiary/aromatic N) is 2. The summed E-state index contributed by atoms with van der Waals surface area (Å²) in [5.74, 6) is 0. The first-order valence-corrected chi connectivity index (χ1v) is 5.83. The molecule has 2 rings (SSSR count). The molecule has 0 N–H and O–H groups in total. The third-order valence-electron chi connectivity index (χ3n) is 3.75. The predicted molar refractivity (Wildman–Crippen MR) is 55.9 cm³/mol. The van der Waals surface area contributed by atoms with E-state index in [0.29, 0.717) is 0 Å². The molecule has 0 aromatic carbocycles. The second kappa shape index (κ2) is 3.97. The lowest BCUT2D eigenvalue weighted by atomic mass is 10.1. The average molecular weight is 182 g/mol. The summed E-state index contributed by atoms with van der Waals surface area (Å²) in [5.41, 5.74) is 0. The summed E-state index contributed by atoms with van der Waals surface area (Å²) in [5, 5.41) is 0. The lowest BCUT2D eigenvalue weighted by molar-refractivity contribution is 0.0293. The molecule has 0 amide bonds. The van der Waals surface area contributed by atoms with Crippen LogP contribution >= 0.6 is 0 Å². The zero-order valence-corrected chi connectivity index (χ0v) is 9.00. The van der Waals surface area contributed by atoms with Crippen molar-refractivity contribution in [3.63, 3.8) is 0 Å². The third kappa shape index (κ3) is 1.75. The highest BCUT2D eigenvalue weighted by Crippen LogP contribution is 2.26. The first-order valence-electron chi connectivity index (χ1n) is 5.83. The van der Waals surface area contributed by atoms with Gasteiger partial charge in [0.2, 0.25) is 0 Å². The Balaban J connectivity index is 1.81. The van der Waals surface area contributed by atoms with Gasteiger partial charge >= 0.3 is 0 Å². The van der Waals surface area contributed by atoms with Gasteiger partial charge in [-0.3, -0.25) is 4.90 Å². The van der Waals surface area contributed by atoms with Gasteiger partial charge < -0.3 is 4.90 Å². The molecule has 0 aliphatic carbocycles. The van der Waals surface area contributed by atoms with Gasteiger partial charge in [0.05, 0.1) is 0 Å². The minimum Gasteiger partial charge on any atom is -0.300 e. The number of likely N-dealkylation sites (N-methyl/N-ethyl adjacent to an activating group) is 1. The fraction of sp³-hybridized carbons (Fsp3) is 1.00. The second-order valence-electron chi connectivity index (χ2n) is 4.45. The smallest absolute Gasteiger partial charge is 0.0353 e. The van der Waals surface area contributed by atoms with Crippen molar-refractivity contribution in [2.24, 2.45) is 0 Å². The molecule has 0 saturated carbocycles. The van der Waals surface area contributed by atoms with Crippen LogP contribution in [-0.4, -0.2) is 48.1 Å². The number of rotatable bonds is 3. The fourth-order valence-corrected chi connectivity index (χ4v) is 2.79. The van der Waals surface area contributed by atoms with Gasteiger partial charge in [0.1, 0.15) is 0 Å². The Hall–Kier alpha value is -0.0800. The Kier molecular flexibility index (Phi) is 2.89. The molecule has 2 aliphatic heterocycles. The molecule has 76 valence electrons. The van der Waals surface area contributed by atoms with Crippen LogP contribution in [-0.2, 0) is 0 Å². The van der Waals surface area contributed by atoms with Crippen LogP contribution in [0.15, 0.2) is 0 Å². The molecule has 2 fully saturated rings. The SMILES string of the molecule is CCC1CCCN1C1CN(CC)C1. The topological polar surface area (TPSA) is 6.48 Å². The Morgan fingerprint density at radius 2 is 2.00 bits per heavy atom. The molecule has 13 heavy (non-hydrogen) atoms. The summed E-state index contributed by atoms with van der Waals surface area (Å²) in [6, 6.07) is 1.80. The van der Waals surface area contributed by atoms with Gasteiger partial charge in [-0.05, 0) is 32.4 Å². The summed E-state index contributed by atoms with van der Waals surface area (Å²) in [6.07, 6.45) is 4.23. The van der Waals surface area contributed by atoms with Gasteiger partial charge in [-0.25, -0.2) is 0 Å². The quantitative estimate of drug-likeness (QED) is 0.653. The molecule has 2 heterocycles. The van der Waals surface area contributed by atoms with E-state index in [2.05, 4.69) is 23.6 Å². The van der Waals surface area contributed by atoms with E-state index in [-0.39, 0.29) is 0 Å². The van der Waals surface area contributed by atoms with Gasteiger partial charge in [-0.2, -0.15) is 0 Å². The standard InChI is InChI=1S/C11H22N2/c1-3-10-6-5-7-13(10)11-8-12(4-2)9-11/h10-11H,3-9H2,1-2H3. The minimum atomic E-state index is 0.896. The first kappa shape index (κ1) is 9.47. The lowest BCUT2D eigenvalue weighted by Gasteiger charge is -2.45. The Labute approximate surface area is 81.9 Å². The van der Waals surface area contributed by atoms with Crippen molar-refractivity contribution in [3.05, 3.63) is 0 Å². The first-order chi connectivity index (χ1) is 6.35. The summed E-state index contributed by atoms with van der Waals surface area (Å²) >= 11 is 0. The van der Waals surface area contributed by atoms with Crippen molar-refractivity contribution >= 4 is 0 Å². The van der Waals surface area contributed by atoms with E-state index >= 15 is 0 Å². The second-order valence-corrected chi connectivity index (χ2v) is 4.45. The van der Waals surface area contributed by atoms with Crippen LogP contribution in [0.4, 0.5) is 0 Å². The molecule has 2 aliphatic rings. The van der Waals surface area contributed by atoms with Gasteiger partial charge in [-0.15, -0.1) is 0 Å². The van der Waals surface area contributed by atoms with E-state index in [1.165, 1.54) is 45.4 Å². The molecule has 2 nitrogen and oxygen atoms in total. The zero-order valence-electron chi connectivity index (χ0n) is 9.00. The van der Waals surface area contributed by atoms with E-state index in [9.17, 15) is 0 Å². The average Bonchev–Trinajstić information content (AvgIpc) is 2.50. The van der Waals surface area contributed by atoms with Crippen LogP contribution < -0.4 is 0 Å². The Morgan fingerprint density at radius 3 is 2.62 bits per heavy atom. The van der Waals surface area contributed by atoms with Crippen LogP contribution in [0.1, 0.15) is 33.1 Å². The molecule has 1 atom stereocenters. The van der Waals surface area contributed by atoms with Gasteiger partial charge in [0.25, 0.3) is 0 Å². The van der Waals surface area contributed by atoms with Crippen molar-refractivity contribution in [2.45, 2.75) is 45.2 Å². The molecular weight excluding hydrogens is 160 g/mol. The Bertz CT molecular complexity index is 163. The number of hydrogen-bond acceptors (Lipinski definition) is 2. The largest absolute Gasteiger partial charge is 0.300 e. The van der Waals surface area contributed by atoms with Gasteiger partial charge in [0, 0.05) is 25.2 Å². The van der Waals surface area contributed by atoms with Crippen molar-refractivity contribution in [3.8, 4) is 0 Å². The van der Waals surface area contributed by atoms with Crippen LogP contribution in [0.3, 0.4) is 0 Å². The molecule has 0 spiro atoms. The van der Waals surface area contributed by atoms with Crippen LogP contribution in [0, 0.1) is 0 Å². The fourth-order valence-electron chi connectivity index (χ4n) is 2.79. The summed E-state index contributed by atoms with van der Waals surface area (Å²) < 4.78 is 0. The van der Waals surface area contributed by atoms with Crippen LogP contribution in [0.2, 0.25) is 0 Å². The van der Waals surface area contributed by atoms with Gasteiger partial charge in [0.15, 0.2) is 0 Å². The minimum absolute atomic E-state index is 0.896. The number of hydrogen-bond donors (Lipinski definition) is 0. The predicted octanol–water partition coefficient (Wildman–Crippen LogP) is 1.56. The zero-order chi connectivity index (χ0) is 9.26. The Morgan fingerprint density at radius 1 is 1.23 bits per heavy atom. The summed E-state index contributed by atoms with van der Waals surface area (Å²) in [7, 11) is 0. The maximum Gasteiger partial charge on any atom is 0.0353 e. The molecule has 0 aromatic heterocycles. The molecule has 2 heteroatoms. The van der Waals surface area contributed by atoms with Gasteiger partial charge in [-0.1, -0.05) is 13.8 Å². The monoisotopic (exact) mass is 182 g/mol. The third-order valence-corrected chi connectivity index (χ3v) is 3.75. The van der Waals surface area contributed by atoms with Crippen molar-refractivity contribution in [2.75, 3.05) is 26.2 Å². The van der Waals surface area contributed by atoms with E-state index in [1.54, 1.807) is 0 Å². The van der Waals surface area contributed by atoms with Crippen molar-refractivity contribution in [1.82, 2.24) is 9.80 Å². The van der Waals surface area contributed by atoms with Crippen molar-refractivity contribution < 1.29 is 0 Å². The van der Waals surface area contributed by atoms with E-state index < -0.39 is 0 Å².